The standard InChI is InChI=1S/C29H42F2O/c1-3-5-15-32-29-27(30)18-26(19-28(29)31)22-11-9-21(10-12-22)24-14-13-23-16-20(6-4-2)7-8-25(23)17-24/h3,5,18-25H,4,6-17H2,1-2H3/b5-3+. The van der Waals surface area contributed by atoms with Crippen LogP contribution in [-0.2, 0) is 0 Å². The molecule has 0 saturated heterocycles. The smallest absolute Gasteiger partial charge is 0.191 e. The summed E-state index contributed by atoms with van der Waals surface area (Å²) in [6.45, 7) is 4.38. The maximum atomic E-state index is 14.5. The van der Waals surface area contributed by atoms with Gasteiger partial charge in [-0.15, -0.1) is 0 Å². The molecule has 1 aromatic carbocycles. The van der Waals surface area contributed by atoms with Crippen molar-refractivity contribution in [2.75, 3.05) is 6.61 Å². The first kappa shape index (κ1) is 23.8. The molecule has 1 aromatic rings. The molecule has 0 spiro atoms. The Morgan fingerprint density at radius 1 is 0.844 bits per heavy atom. The van der Waals surface area contributed by atoms with Crippen LogP contribution in [0.4, 0.5) is 8.78 Å². The predicted octanol–water partition coefficient (Wildman–Crippen LogP) is 8.83. The predicted molar refractivity (Wildman–Crippen MR) is 128 cm³/mol. The van der Waals surface area contributed by atoms with Crippen molar-refractivity contribution in [3.05, 3.63) is 41.5 Å². The second-order valence-corrected chi connectivity index (χ2v) is 10.9. The summed E-state index contributed by atoms with van der Waals surface area (Å²) < 4.78 is 34.3. The second kappa shape index (κ2) is 11.2. The molecule has 3 saturated carbocycles. The first-order valence-electron chi connectivity index (χ1n) is 13.3. The molecule has 0 radical (unpaired) electrons. The summed E-state index contributed by atoms with van der Waals surface area (Å²) in [6.07, 6.45) is 19.6. The van der Waals surface area contributed by atoms with Gasteiger partial charge in [0.25, 0.3) is 0 Å². The minimum absolute atomic E-state index is 0.192. The normalized spacial score (nSPS) is 33.2. The molecule has 4 unspecified atom stereocenters. The Hall–Kier alpha value is -1.38. The van der Waals surface area contributed by atoms with Crippen LogP contribution in [0.2, 0.25) is 0 Å². The summed E-state index contributed by atoms with van der Waals surface area (Å²) in [7, 11) is 0. The maximum absolute atomic E-state index is 14.5. The molecule has 0 N–H and O–H groups in total. The van der Waals surface area contributed by atoms with Crippen LogP contribution >= 0.6 is 0 Å². The number of hydrogen-bond acceptors (Lipinski definition) is 1. The Kier molecular flexibility index (Phi) is 8.29. The molecule has 0 aromatic heterocycles. The van der Waals surface area contributed by atoms with E-state index >= 15 is 0 Å². The highest BCUT2D eigenvalue weighted by Gasteiger charge is 2.38. The summed E-state index contributed by atoms with van der Waals surface area (Å²) in [4.78, 5) is 0. The Morgan fingerprint density at radius 3 is 2.09 bits per heavy atom. The van der Waals surface area contributed by atoms with Crippen LogP contribution in [0.15, 0.2) is 24.3 Å². The average Bonchev–Trinajstić information content (AvgIpc) is 2.81. The molecule has 3 heteroatoms. The SMILES string of the molecule is C/C=C/COc1c(F)cc(C2CCC(C3CCC4CC(CCC)CCC4C3)CC2)cc1F. The topological polar surface area (TPSA) is 9.23 Å². The first-order valence-corrected chi connectivity index (χ1v) is 13.3. The molecule has 32 heavy (non-hydrogen) atoms. The monoisotopic (exact) mass is 444 g/mol. The van der Waals surface area contributed by atoms with Crippen LogP contribution in [0.1, 0.15) is 102 Å². The number of ether oxygens (including phenoxy) is 1. The molecule has 0 amide bonds. The highest BCUT2D eigenvalue weighted by Crippen LogP contribution is 2.50. The summed E-state index contributed by atoms with van der Waals surface area (Å²) in [6, 6.07) is 3.03. The number of rotatable bonds is 7. The molecule has 1 nitrogen and oxygen atoms in total. The molecular formula is C29H42F2O. The van der Waals surface area contributed by atoms with Crippen molar-refractivity contribution in [1.82, 2.24) is 0 Å². The van der Waals surface area contributed by atoms with Crippen LogP contribution in [0, 0.1) is 41.2 Å². The zero-order chi connectivity index (χ0) is 22.5. The highest BCUT2D eigenvalue weighted by atomic mass is 19.1. The van der Waals surface area contributed by atoms with E-state index in [0.29, 0.717) is 0 Å². The molecule has 4 atom stereocenters. The third kappa shape index (κ3) is 5.57. The largest absolute Gasteiger partial charge is 0.483 e. The Balaban J connectivity index is 1.29. The summed E-state index contributed by atoms with van der Waals surface area (Å²) in [5, 5.41) is 0. The van der Waals surface area contributed by atoms with E-state index < -0.39 is 11.6 Å². The van der Waals surface area contributed by atoms with E-state index in [9.17, 15) is 8.78 Å². The lowest BCUT2D eigenvalue weighted by Gasteiger charge is -2.45. The number of halogens is 2. The van der Waals surface area contributed by atoms with Crippen molar-refractivity contribution in [1.29, 1.82) is 0 Å². The van der Waals surface area contributed by atoms with E-state index in [0.717, 1.165) is 48.0 Å². The van der Waals surface area contributed by atoms with Crippen molar-refractivity contribution in [2.45, 2.75) is 96.8 Å². The number of allylic oxidation sites excluding steroid dienone is 1. The lowest BCUT2D eigenvalue weighted by Crippen LogP contribution is -2.34. The molecule has 3 fully saturated rings. The maximum Gasteiger partial charge on any atom is 0.191 e. The van der Waals surface area contributed by atoms with Gasteiger partial charge in [-0.05, 0) is 118 Å². The quantitative estimate of drug-likeness (QED) is 0.382. The third-order valence-corrected chi connectivity index (χ3v) is 8.95. The van der Waals surface area contributed by atoms with Crippen LogP contribution in [0.3, 0.4) is 0 Å². The van der Waals surface area contributed by atoms with Gasteiger partial charge in [-0.1, -0.05) is 38.3 Å². The van der Waals surface area contributed by atoms with E-state index in [4.69, 9.17) is 4.74 Å². The van der Waals surface area contributed by atoms with Gasteiger partial charge in [-0.25, -0.2) is 8.78 Å². The second-order valence-electron chi connectivity index (χ2n) is 10.9. The van der Waals surface area contributed by atoms with E-state index in [1.807, 2.05) is 13.0 Å². The molecule has 4 rings (SSSR count). The highest BCUT2D eigenvalue weighted by molar-refractivity contribution is 5.33. The van der Waals surface area contributed by atoms with Gasteiger partial charge in [0.15, 0.2) is 17.4 Å². The van der Waals surface area contributed by atoms with Gasteiger partial charge >= 0.3 is 0 Å². The average molecular weight is 445 g/mol. The fourth-order valence-electron chi connectivity index (χ4n) is 7.23. The van der Waals surface area contributed by atoms with Gasteiger partial charge in [0, 0.05) is 0 Å². The minimum Gasteiger partial charge on any atom is -0.483 e. The van der Waals surface area contributed by atoms with Crippen LogP contribution < -0.4 is 4.74 Å². The van der Waals surface area contributed by atoms with Crippen LogP contribution in [0.5, 0.6) is 5.75 Å². The summed E-state index contributed by atoms with van der Waals surface area (Å²) >= 11 is 0. The number of hydrogen-bond donors (Lipinski definition) is 0. The molecule has 0 bridgehead atoms. The van der Waals surface area contributed by atoms with E-state index in [1.165, 1.54) is 76.3 Å². The van der Waals surface area contributed by atoms with E-state index in [1.54, 1.807) is 6.08 Å². The van der Waals surface area contributed by atoms with Crippen LogP contribution in [-0.4, -0.2) is 6.61 Å². The molecule has 3 aliphatic carbocycles. The molecule has 0 aliphatic heterocycles. The van der Waals surface area contributed by atoms with Gasteiger partial charge in [0.05, 0.1) is 0 Å². The zero-order valence-corrected chi connectivity index (χ0v) is 20.1. The molecule has 0 heterocycles. The lowest BCUT2D eigenvalue weighted by atomic mass is 9.60. The fourth-order valence-corrected chi connectivity index (χ4v) is 7.23. The molecular weight excluding hydrogens is 402 g/mol. The minimum atomic E-state index is -0.566. The third-order valence-electron chi connectivity index (χ3n) is 8.95. The lowest BCUT2D eigenvalue weighted by molar-refractivity contribution is 0.0617. The van der Waals surface area contributed by atoms with Crippen molar-refractivity contribution in [3.8, 4) is 5.75 Å². The molecule has 178 valence electrons. The Morgan fingerprint density at radius 2 is 1.44 bits per heavy atom. The Bertz CT molecular complexity index is 741. The van der Waals surface area contributed by atoms with Crippen molar-refractivity contribution in [2.24, 2.45) is 29.6 Å². The zero-order valence-electron chi connectivity index (χ0n) is 20.1. The molecule has 3 aliphatic rings. The van der Waals surface area contributed by atoms with Gasteiger partial charge in [-0.3, -0.25) is 0 Å². The first-order chi connectivity index (χ1) is 15.6. The number of fused-ring (bicyclic) bond motifs is 1. The Labute approximate surface area is 194 Å². The fraction of sp³-hybridized carbons (Fsp3) is 0.724. The summed E-state index contributed by atoms with van der Waals surface area (Å²) in [5.74, 6) is 3.56. The van der Waals surface area contributed by atoms with Crippen molar-refractivity contribution in [3.63, 3.8) is 0 Å². The van der Waals surface area contributed by atoms with Gasteiger partial charge < -0.3 is 4.74 Å². The van der Waals surface area contributed by atoms with E-state index in [2.05, 4.69) is 6.92 Å². The van der Waals surface area contributed by atoms with Gasteiger partial charge in [0.1, 0.15) is 6.61 Å². The number of benzene rings is 1. The van der Waals surface area contributed by atoms with Crippen LogP contribution in [0.25, 0.3) is 0 Å². The van der Waals surface area contributed by atoms with E-state index in [-0.39, 0.29) is 18.3 Å². The van der Waals surface area contributed by atoms with Gasteiger partial charge in [0.2, 0.25) is 0 Å². The van der Waals surface area contributed by atoms with Crippen molar-refractivity contribution < 1.29 is 13.5 Å². The summed E-state index contributed by atoms with van der Waals surface area (Å²) in [5.41, 5.74) is 0.815. The van der Waals surface area contributed by atoms with Gasteiger partial charge in [-0.2, -0.15) is 0 Å². The van der Waals surface area contributed by atoms with Crippen molar-refractivity contribution >= 4 is 0 Å².